The average Bonchev–Trinajstić information content (AvgIpc) is 2.55. The second-order valence-electron chi connectivity index (χ2n) is 5.72. The number of hydrogen-bond donors (Lipinski definition) is 3. The molecule has 0 aromatic heterocycles. The van der Waals surface area contributed by atoms with Gasteiger partial charge in [0.2, 0.25) is 5.91 Å². The second kappa shape index (κ2) is 10.3. The van der Waals surface area contributed by atoms with Gasteiger partial charge in [0, 0.05) is 13.0 Å². The number of aliphatic carboxylic acids is 1. The smallest absolute Gasteiger partial charge is 0.407 e. The number of amides is 2. The predicted molar refractivity (Wildman–Crippen MR) is 88.3 cm³/mol. The monoisotopic (exact) mass is 336 g/mol. The summed E-state index contributed by atoms with van der Waals surface area (Å²) in [5.74, 6) is -1.60. The lowest BCUT2D eigenvalue weighted by Crippen LogP contribution is -2.44. The third-order valence-electron chi connectivity index (χ3n) is 3.31. The Labute approximate surface area is 141 Å². The van der Waals surface area contributed by atoms with E-state index < -0.39 is 18.1 Å². The van der Waals surface area contributed by atoms with E-state index in [1.165, 1.54) is 0 Å². The SMILES string of the molecule is CC(C)C(NC(=O)CCCNC(=O)OCc1ccccc1)C(=O)O. The molecule has 0 aliphatic rings. The molecule has 1 aromatic rings. The van der Waals surface area contributed by atoms with E-state index in [1.807, 2.05) is 30.3 Å². The minimum absolute atomic E-state index is 0.134. The first-order valence-electron chi connectivity index (χ1n) is 7.87. The molecule has 0 spiro atoms. The number of hydrogen-bond acceptors (Lipinski definition) is 4. The molecular weight excluding hydrogens is 312 g/mol. The molecule has 0 saturated carbocycles. The van der Waals surface area contributed by atoms with Crippen LogP contribution in [0.1, 0.15) is 32.3 Å². The van der Waals surface area contributed by atoms with Gasteiger partial charge in [-0.15, -0.1) is 0 Å². The Bertz CT molecular complexity index is 545. The molecule has 0 fully saturated rings. The standard InChI is InChI=1S/C17H24N2O5/c1-12(2)15(16(21)22)19-14(20)9-6-10-18-17(23)24-11-13-7-4-3-5-8-13/h3-5,7-8,12,15H,6,9-11H2,1-2H3,(H,18,23)(H,19,20)(H,21,22). The maximum Gasteiger partial charge on any atom is 0.407 e. The van der Waals surface area contributed by atoms with Crippen molar-refractivity contribution in [2.45, 2.75) is 39.3 Å². The molecule has 2 amide bonds. The lowest BCUT2D eigenvalue weighted by Gasteiger charge is -2.17. The number of carboxylic acid groups (broad SMARTS) is 1. The Balaban J connectivity index is 2.17. The molecular formula is C17H24N2O5. The fraction of sp³-hybridized carbons (Fsp3) is 0.471. The third-order valence-corrected chi connectivity index (χ3v) is 3.31. The molecule has 0 heterocycles. The molecule has 0 radical (unpaired) electrons. The Morgan fingerprint density at radius 2 is 1.83 bits per heavy atom. The molecule has 0 bridgehead atoms. The van der Waals surface area contributed by atoms with Gasteiger partial charge in [0.05, 0.1) is 0 Å². The average molecular weight is 336 g/mol. The lowest BCUT2D eigenvalue weighted by molar-refractivity contribution is -0.143. The minimum atomic E-state index is -1.05. The van der Waals surface area contributed by atoms with Gasteiger partial charge in [0.25, 0.3) is 0 Å². The maximum absolute atomic E-state index is 11.7. The molecule has 1 atom stereocenters. The summed E-state index contributed by atoms with van der Waals surface area (Å²) >= 11 is 0. The van der Waals surface area contributed by atoms with Crippen LogP contribution in [-0.2, 0) is 20.9 Å². The number of ether oxygens (including phenoxy) is 1. The van der Waals surface area contributed by atoms with Crippen LogP contribution in [0.4, 0.5) is 4.79 Å². The topological polar surface area (TPSA) is 105 Å². The fourth-order valence-corrected chi connectivity index (χ4v) is 1.97. The normalized spacial score (nSPS) is 11.6. The van der Waals surface area contributed by atoms with Gasteiger partial charge in [-0.25, -0.2) is 9.59 Å². The Morgan fingerprint density at radius 3 is 2.42 bits per heavy atom. The summed E-state index contributed by atoms with van der Waals surface area (Å²) in [6.45, 7) is 3.91. The van der Waals surface area contributed by atoms with Crippen molar-refractivity contribution in [3.63, 3.8) is 0 Å². The van der Waals surface area contributed by atoms with E-state index in [2.05, 4.69) is 10.6 Å². The van der Waals surface area contributed by atoms with E-state index >= 15 is 0 Å². The summed E-state index contributed by atoms with van der Waals surface area (Å²) < 4.78 is 5.03. The number of carbonyl (C=O) groups excluding carboxylic acids is 2. The number of carbonyl (C=O) groups is 3. The van der Waals surface area contributed by atoms with Gasteiger partial charge in [-0.1, -0.05) is 44.2 Å². The highest BCUT2D eigenvalue weighted by atomic mass is 16.5. The highest BCUT2D eigenvalue weighted by Crippen LogP contribution is 2.03. The van der Waals surface area contributed by atoms with E-state index in [1.54, 1.807) is 13.8 Å². The molecule has 3 N–H and O–H groups in total. The first-order chi connectivity index (χ1) is 11.4. The summed E-state index contributed by atoms with van der Waals surface area (Å²) in [7, 11) is 0. The van der Waals surface area contributed by atoms with Crippen LogP contribution in [0.5, 0.6) is 0 Å². The van der Waals surface area contributed by atoms with Crippen molar-refractivity contribution in [2.24, 2.45) is 5.92 Å². The van der Waals surface area contributed by atoms with Crippen LogP contribution in [0.15, 0.2) is 30.3 Å². The predicted octanol–water partition coefficient (Wildman–Crippen LogP) is 1.92. The van der Waals surface area contributed by atoms with Gasteiger partial charge >= 0.3 is 12.1 Å². The van der Waals surface area contributed by atoms with Gasteiger partial charge in [-0.05, 0) is 17.9 Å². The van der Waals surface area contributed by atoms with E-state index in [0.29, 0.717) is 6.42 Å². The molecule has 0 saturated heterocycles. The number of carboxylic acids is 1. The third kappa shape index (κ3) is 7.62. The van der Waals surface area contributed by atoms with E-state index in [4.69, 9.17) is 9.84 Å². The summed E-state index contributed by atoms with van der Waals surface area (Å²) in [4.78, 5) is 34.2. The largest absolute Gasteiger partial charge is 0.480 e. The van der Waals surface area contributed by atoms with Gasteiger partial charge in [0.1, 0.15) is 12.6 Å². The van der Waals surface area contributed by atoms with Crippen LogP contribution in [-0.4, -0.2) is 35.7 Å². The second-order valence-corrected chi connectivity index (χ2v) is 5.72. The molecule has 1 aromatic carbocycles. The zero-order valence-corrected chi connectivity index (χ0v) is 14.0. The van der Waals surface area contributed by atoms with Crippen LogP contribution >= 0.6 is 0 Å². The van der Waals surface area contributed by atoms with Crippen LogP contribution < -0.4 is 10.6 Å². The highest BCUT2D eigenvalue weighted by molar-refractivity contribution is 5.83. The first-order valence-corrected chi connectivity index (χ1v) is 7.87. The molecule has 1 rings (SSSR count). The van der Waals surface area contributed by atoms with Crippen LogP contribution in [0.2, 0.25) is 0 Å². The maximum atomic E-state index is 11.7. The summed E-state index contributed by atoms with van der Waals surface area (Å²) in [5.41, 5.74) is 0.889. The Kier molecular flexibility index (Phi) is 8.32. The summed E-state index contributed by atoms with van der Waals surface area (Å²) in [6.07, 6.45) is -0.0172. The Hall–Kier alpha value is -2.57. The molecule has 132 valence electrons. The van der Waals surface area contributed by atoms with Crippen molar-refractivity contribution >= 4 is 18.0 Å². The van der Waals surface area contributed by atoms with E-state index in [0.717, 1.165) is 5.56 Å². The zero-order valence-electron chi connectivity index (χ0n) is 14.0. The number of nitrogens with one attached hydrogen (secondary N) is 2. The first kappa shape index (κ1) is 19.5. The highest BCUT2D eigenvalue weighted by Gasteiger charge is 2.22. The molecule has 1 unspecified atom stereocenters. The quantitative estimate of drug-likeness (QED) is 0.598. The van der Waals surface area contributed by atoms with Crippen molar-refractivity contribution in [3.8, 4) is 0 Å². The van der Waals surface area contributed by atoms with E-state index in [-0.39, 0.29) is 31.4 Å². The number of benzene rings is 1. The van der Waals surface area contributed by atoms with Crippen molar-refractivity contribution in [1.29, 1.82) is 0 Å². The van der Waals surface area contributed by atoms with Crippen LogP contribution in [0.25, 0.3) is 0 Å². The minimum Gasteiger partial charge on any atom is -0.480 e. The number of alkyl carbamates (subject to hydrolysis) is 1. The molecule has 7 nitrogen and oxygen atoms in total. The van der Waals surface area contributed by atoms with Gasteiger partial charge in [-0.3, -0.25) is 4.79 Å². The van der Waals surface area contributed by atoms with Crippen molar-refractivity contribution in [2.75, 3.05) is 6.54 Å². The van der Waals surface area contributed by atoms with Gasteiger partial charge in [-0.2, -0.15) is 0 Å². The van der Waals surface area contributed by atoms with Crippen molar-refractivity contribution in [1.82, 2.24) is 10.6 Å². The zero-order chi connectivity index (χ0) is 17.9. The van der Waals surface area contributed by atoms with Gasteiger partial charge < -0.3 is 20.5 Å². The van der Waals surface area contributed by atoms with Gasteiger partial charge in [0.15, 0.2) is 0 Å². The molecule has 7 heteroatoms. The summed E-state index contributed by atoms with van der Waals surface area (Å²) in [6, 6.07) is 8.40. The Morgan fingerprint density at radius 1 is 1.17 bits per heavy atom. The van der Waals surface area contributed by atoms with Crippen LogP contribution in [0, 0.1) is 5.92 Å². The summed E-state index contributed by atoms with van der Waals surface area (Å²) in [5, 5.41) is 14.0. The number of rotatable bonds is 9. The lowest BCUT2D eigenvalue weighted by atomic mass is 10.0. The van der Waals surface area contributed by atoms with Crippen molar-refractivity contribution in [3.05, 3.63) is 35.9 Å². The molecule has 0 aliphatic carbocycles. The van der Waals surface area contributed by atoms with Crippen molar-refractivity contribution < 1.29 is 24.2 Å². The molecule has 24 heavy (non-hydrogen) atoms. The van der Waals surface area contributed by atoms with Crippen LogP contribution in [0.3, 0.4) is 0 Å². The van der Waals surface area contributed by atoms with E-state index in [9.17, 15) is 14.4 Å². The fourth-order valence-electron chi connectivity index (χ4n) is 1.97. The molecule has 0 aliphatic heterocycles.